The van der Waals surface area contributed by atoms with Crippen molar-refractivity contribution in [2.24, 2.45) is 0 Å². The van der Waals surface area contributed by atoms with Gasteiger partial charge in [0.2, 0.25) is 0 Å². The van der Waals surface area contributed by atoms with E-state index in [-0.39, 0.29) is 6.04 Å². The van der Waals surface area contributed by atoms with Gasteiger partial charge in [0.25, 0.3) is 0 Å². The molecule has 7 nitrogen and oxygen atoms in total. The van der Waals surface area contributed by atoms with E-state index >= 15 is 0 Å². The maximum absolute atomic E-state index is 8.90. The smallest absolute Gasteiger partial charge is 0.164 e. The Balaban J connectivity index is 2.03. The first-order valence-corrected chi connectivity index (χ1v) is 6.57. The number of pyridine rings is 2. The highest BCUT2D eigenvalue weighted by Crippen LogP contribution is 2.18. The predicted molar refractivity (Wildman–Crippen MR) is 80.1 cm³/mol. The fourth-order valence-corrected chi connectivity index (χ4v) is 2.06. The van der Waals surface area contributed by atoms with Crippen molar-refractivity contribution in [2.75, 3.05) is 5.32 Å². The summed E-state index contributed by atoms with van der Waals surface area (Å²) in [5.74, 6) is 0.586. The van der Waals surface area contributed by atoms with Gasteiger partial charge in [-0.05, 0) is 19.1 Å². The molecule has 106 valence electrons. The van der Waals surface area contributed by atoms with Crippen LogP contribution in [0.4, 0.5) is 5.69 Å². The van der Waals surface area contributed by atoms with Gasteiger partial charge < -0.3 is 5.32 Å². The molecule has 0 radical (unpaired) electrons. The normalized spacial score (nSPS) is 11.6. The molecule has 0 bridgehead atoms. The molecule has 0 saturated heterocycles. The molecule has 0 unspecified atom stereocenters. The molecule has 0 aliphatic carbocycles. The number of hydrogen-bond donors (Lipinski definition) is 1. The van der Waals surface area contributed by atoms with Crippen LogP contribution in [0.15, 0.2) is 36.8 Å². The third-order valence-corrected chi connectivity index (χ3v) is 3.08. The minimum absolute atomic E-state index is 0.305. The highest BCUT2D eigenvalue weighted by Gasteiger charge is 2.09. The summed E-state index contributed by atoms with van der Waals surface area (Å²) in [6.45, 7) is 1.77. The zero-order chi connectivity index (χ0) is 15.5. The monoisotopic (exact) mass is 289 g/mol. The first-order chi connectivity index (χ1) is 10.7. The van der Waals surface area contributed by atoms with Crippen molar-refractivity contribution in [1.29, 1.82) is 10.5 Å². The fraction of sp³-hybridized carbons (Fsp3) is 0.133. The van der Waals surface area contributed by atoms with Crippen LogP contribution in [0.2, 0.25) is 0 Å². The molecule has 1 N–H and O–H groups in total. The molecule has 0 fully saturated rings. The number of fused-ring (bicyclic) bond motifs is 1. The Labute approximate surface area is 126 Å². The molecule has 0 aliphatic rings. The van der Waals surface area contributed by atoms with E-state index in [4.69, 9.17) is 10.5 Å². The summed E-state index contributed by atoms with van der Waals surface area (Å²) in [4.78, 5) is 8.54. The standard InChI is InChI=1S/C15H11N7/c1-10(6-16)21-13-2-3-18-14(5-13)22-15-12(9-20-22)4-11(7-17)8-19-15/h2-5,8-10H,1H3,(H,18,21)/t10-/m1/s1. The molecular formula is C15H11N7. The lowest BCUT2D eigenvalue weighted by atomic mass is 10.2. The first kappa shape index (κ1) is 13.5. The average molecular weight is 289 g/mol. The summed E-state index contributed by atoms with van der Waals surface area (Å²) in [7, 11) is 0. The number of anilines is 1. The Morgan fingerprint density at radius 1 is 1.23 bits per heavy atom. The number of rotatable bonds is 3. The SMILES string of the molecule is C[C@H](C#N)Nc1ccnc(-n2ncc3cc(C#N)cnc32)c1. The van der Waals surface area contributed by atoms with Gasteiger partial charge in [-0.25, -0.2) is 9.97 Å². The van der Waals surface area contributed by atoms with Crippen LogP contribution < -0.4 is 5.32 Å². The molecule has 3 heterocycles. The van der Waals surface area contributed by atoms with Crippen LogP contribution in [-0.4, -0.2) is 25.8 Å². The Morgan fingerprint density at radius 3 is 2.86 bits per heavy atom. The van der Waals surface area contributed by atoms with Gasteiger partial charge in [0.05, 0.1) is 17.8 Å². The van der Waals surface area contributed by atoms with Crippen LogP contribution in [0.5, 0.6) is 0 Å². The number of nitrogens with zero attached hydrogens (tertiary/aromatic N) is 6. The van der Waals surface area contributed by atoms with E-state index in [2.05, 4.69) is 26.5 Å². The molecule has 0 aliphatic heterocycles. The van der Waals surface area contributed by atoms with Crippen LogP contribution in [-0.2, 0) is 0 Å². The summed E-state index contributed by atoms with van der Waals surface area (Å²) in [6, 6.07) is 9.16. The summed E-state index contributed by atoms with van der Waals surface area (Å²) < 4.78 is 1.60. The van der Waals surface area contributed by atoms with Gasteiger partial charge in [0.15, 0.2) is 11.5 Å². The van der Waals surface area contributed by atoms with Gasteiger partial charge in [-0.1, -0.05) is 0 Å². The van der Waals surface area contributed by atoms with Crippen molar-refractivity contribution in [3.63, 3.8) is 0 Å². The maximum Gasteiger partial charge on any atom is 0.164 e. The summed E-state index contributed by atoms with van der Waals surface area (Å²) in [5, 5.41) is 25.9. The van der Waals surface area contributed by atoms with E-state index in [9.17, 15) is 0 Å². The van der Waals surface area contributed by atoms with Crippen LogP contribution in [0.3, 0.4) is 0 Å². The van der Waals surface area contributed by atoms with E-state index < -0.39 is 0 Å². The number of nitrogens with one attached hydrogen (secondary N) is 1. The van der Waals surface area contributed by atoms with Crippen LogP contribution in [0.1, 0.15) is 12.5 Å². The van der Waals surface area contributed by atoms with E-state index in [1.54, 1.807) is 42.2 Å². The fourth-order valence-electron chi connectivity index (χ4n) is 2.06. The van der Waals surface area contributed by atoms with Crippen molar-refractivity contribution < 1.29 is 0 Å². The topological polar surface area (TPSA) is 103 Å². The quantitative estimate of drug-likeness (QED) is 0.791. The molecule has 0 saturated carbocycles. The third kappa shape index (κ3) is 2.43. The Morgan fingerprint density at radius 2 is 2.09 bits per heavy atom. The Bertz CT molecular complexity index is 914. The molecular weight excluding hydrogens is 278 g/mol. The van der Waals surface area contributed by atoms with E-state index in [0.29, 0.717) is 17.0 Å². The Hall–Kier alpha value is -3.45. The zero-order valence-corrected chi connectivity index (χ0v) is 11.7. The summed E-state index contributed by atoms with van der Waals surface area (Å²) in [6.07, 6.45) is 4.78. The van der Waals surface area contributed by atoms with Crippen molar-refractivity contribution in [1.82, 2.24) is 19.7 Å². The van der Waals surface area contributed by atoms with Crippen molar-refractivity contribution in [3.8, 4) is 18.0 Å². The minimum atomic E-state index is -0.305. The second-order valence-electron chi connectivity index (χ2n) is 4.70. The van der Waals surface area contributed by atoms with Crippen LogP contribution in [0.25, 0.3) is 16.9 Å². The molecule has 22 heavy (non-hydrogen) atoms. The first-order valence-electron chi connectivity index (χ1n) is 6.57. The molecule has 7 heteroatoms. The van der Waals surface area contributed by atoms with Gasteiger partial charge in [-0.2, -0.15) is 20.3 Å². The average Bonchev–Trinajstić information content (AvgIpc) is 2.97. The molecule has 0 amide bonds. The van der Waals surface area contributed by atoms with Crippen molar-refractivity contribution >= 4 is 16.7 Å². The van der Waals surface area contributed by atoms with Crippen LogP contribution >= 0.6 is 0 Å². The van der Waals surface area contributed by atoms with E-state index in [1.165, 1.54) is 6.20 Å². The third-order valence-electron chi connectivity index (χ3n) is 3.08. The molecule has 0 spiro atoms. The molecule has 1 atom stereocenters. The molecule has 0 aromatic carbocycles. The molecule has 3 aromatic heterocycles. The highest BCUT2D eigenvalue weighted by molar-refractivity contribution is 5.77. The zero-order valence-electron chi connectivity index (χ0n) is 11.7. The van der Waals surface area contributed by atoms with E-state index in [1.807, 2.05) is 6.07 Å². The summed E-state index contributed by atoms with van der Waals surface area (Å²) >= 11 is 0. The van der Waals surface area contributed by atoms with Crippen molar-refractivity contribution in [3.05, 3.63) is 42.4 Å². The summed E-state index contributed by atoms with van der Waals surface area (Å²) in [5.41, 5.74) is 1.88. The highest BCUT2D eigenvalue weighted by atomic mass is 15.3. The minimum Gasteiger partial charge on any atom is -0.370 e. The van der Waals surface area contributed by atoms with Gasteiger partial charge in [-0.15, -0.1) is 0 Å². The number of hydrogen-bond acceptors (Lipinski definition) is 6. The van der Waals surface area contributed by atoms with Gasteiger partial charge in [0, 0.05) is 29.5 Å². The second-order valence-corrected chi connectivity index (χ2v) is 4.70. The predicted octanol–water partition coefficient (Wildman–Crippen LogP) is 2.01. The molecule has 3 rings (SSSR count). The lowest BCUT2D eigenvalue weighted by molar-refractivity contribution is 0.862. The van der Waals surface area contributed by atoms with Gasteiger partial charge in [0.1, 0.15) is 12.1 Å². The van der Waals surface area contributed by atoms with Gasteiger partial charge >= 0.3 is 0 Å². The van der Waals surface area contributed by atoms with Gasteiger partial charge in [-0.3, -0.25) is 0 Å². The number of nitriles is 2. The van der Waals surface area contributed by atoms with E-state index in [0.717, 1.165) is 11.1 Å². The van der Waals surface area contributed by atoms with Crippen LogP contribution in [0, 0.1) is 22.7 Å². The number of aromatic nitrogens is 4. The lowest BCUT2D eigenvalue weighted by Gasteiger charge is -2.09. The Kier molecular flexibility index (Phi) is 3.39. The second kappa shape index (κ2) is 5.51. The maximum atomic E-state index is 8.90. The lowest BCUT2D eigenvalue weighted by Crippen LogP contribution is -2.12. The molecule has 3 aromatic rings. The largest absolute Gasteiger partial charge is 0.370 e. The van der Waals surface area contributed by atoms with Crippen molar-refractivity contribution in [2.45, 2.75) is 13.0 Å².